The maximum atomic E-state index is 12.9. The molecule has 134 valence electrons. The molecule has 0 unspecified atom stereocenters. The van der Waals surface area contributed by atoms with E-state index < -0.39 is 16.4 Å². The molecule has 0 aliphatic rings. The Morgan fingerprint density at radius 1 is 1.20 bits per heavy atom. The van der Waals surface area contributed by atoms with E-state index in [0.29, 0.717) is 5.69 Å². The monoisotopic (exact) mass is 384 g/mol. The van der Waals surface area contributed by atoms with Crippen molar-refractivity contribution >= 4 is 38.0 Å². The molecule has 1 N–H and O–H groups in total. The molecule has 3 rings (SSSR count). The Hall–Kier alpha value is -1.93. The van der Waals surface area contributed by atoms with Crippen molar-refractivity contribution in [2.45, 2.75) is 26.3 Å². The molecule has 0 radical (unpaired) electrons. The first-order chi connectivity index (χ1) is 11.7. The highest BCUT2D eigenvalue weighted by molar-refractivity contribution is 7.92. The molecule has 1 aromatic carbocycles. The Balaban J connectivity index is 2.16. The fourth-order valence-electron chi connectivity index (χ4n) is 2.79. The lowest BCUT2D eigenvalue weighted by Gasteiger charge is -2.10. The molecule has 0 saturated carbocycles. The van der Waals surface area contributed by atoms with E-state index in [0.717, 1.165) is 39.6 Å². The van der Waals surface area contributed by atoms with Gasteiger partial charge >= 0.3 is 0 Å². The van der Waals surface area contributed by atoms with Crippen molar-refractivity contribution in [3.63, 3.8) is 0 Å². The maximum absolute atomic E-state index is 12.9. The number of anilines is 1. The third-order valence-electron chi connectivity index (χ3n) is 3.84. The lowest BCUT2D eigenvalue weighted by Crippen LogP contribution is -2.09. The highest BCUT2D eigenvalue weighted by atomic mass is 32.2. The average molecular weight is 384 g/mol. The Morgan fingerprint density at radius 3 is 2.48 bits per heavy atom. The molecule has 0 atom stereocenters. The number of rotatable bonds is 5. The van der Waals surface area contributed by atoms with Gasteiger partial charge in [0.1, 0.15) is 0 Å². The predicted octanol–water partition coefficient (Wildman–Crippen LogP) is 5.26. The maximum Gasteiger partial charge on any atom is 0.272 e. The number of halogens is 2. The van der Waals surface area contributed by atoms with E-state index in [2.05, 4.69) is 4.72 Å². The molecule has 8 heteroatoms. The number of nitrogens with one attached hydrogen (secondary N) is 1. The number of sulfonamides is 1. The van der Waals surface area contributed by atoms with Gasteiger partial charge in [-0.1, -0.05) is 6.07 Å². The summed E-state index contributed by atoms with van der Waals surface area (Å²) in [6.45, 7) is 4.02. The molecule has 0 bridgehead atoms. The summed E-state index contributed by atoms with van der Waals surface area (Å²) >= 11 is 1.04. The summed E-state index contributed by atoms with van der Waals surface area (Å²) in [5.74, 6) is 0. The second-order valence-electron chi connectivity index (χ2n) is 6.19. The Kier molecular flexibility index (Phi) is 4.59. The largest absolute Gasteiger partial charge is 0.344 e. The Labute approximate surface area is 149 Å². The zero-order chi connectivity index (χ0) is 18.4. The number of hydrogen-bond donors (Lipinski definition) is 1. The summed E-state index contributed by atoms with van der Waals surface area (Å²) in [4.78, 5) is 0.0378. The van der Waals surface area contributed by atoms with Gasteiger partial charge in [0, 0.05) is 23.2 Å². The van der Waals surface area contributed by atoms with Crippen LogP contribution in [0.3, 0.4) is 0 Å². The first-order valence-corrected chi connectivity index (χ1v) is 10.4. The average Bonchev–Trinajstić information content (AvgIpc) is 3.08. The molecule has 0 aliphatic carbocycles. The van der Waals surface area contributed by atoms with Crippen LogP contribution >= 0.6 is 11.3 Å². The summed E-state index contributed by atoms with van der Waals surface area (Å²) in [6.07, 6.45) is 0.542. The Bertz CT molecular complexity index is 1020. The van der Waals surface area contributed by atoms with Gasteiger partial charge in [0.2, 0.25) is 10.0 Å². The van der Waals surface area contributed by atoms with Crippen LogP contribution in [-0.2, 0) is 10.0 Å². The lowest BCUT2D eigenvalue weighted by molar-refractivity contribution is 0.155. The highest BCUT2D eigenvalue weighted by Gasteiger charge is 2.17. The van der Waals surface area contributed by atoms with Gasteiger partial charge in [0.05, 0.1) is 22.3 Å². The van der Waals surface area contributed by atoms with Crippen LogP contribution in [0.5, 0.6) is 0 Å². The van der Waals surface area contributed by atoms with Gasteiger partial charge in [0.15, 0.2) is 0 Å². The van der Waals surface area contributed by atoms with E-state index in [9.17, 15) is 17.2 Å². The molecule has 4 nitrogen and oxygen atoms in total. The van der Waals surface area contributed by atoms with Crippen LogP contribution in [0, 0.1) is 0 Å². The van der Waals surface area contributed by atoms with E-state index in [1.807, 2.05) is 30.7 Å². The lowest BCUT2D eigenvalue weighted by atomic mass is 10.1. The van der Waals surface area contributed by atoms with E-state index in [4.69, 9.17) is 0 Å². The highest BCUT2D eigenvalue weighted by Crippen LogP contribution is 2.38. The first-order valence-electron chi connectivity index (χ1n) is 7.65. The molecular weight excluding hydrogens is 366 g/mol. The zero-order valence-electron chi connectivity index (χ0n) is 14.0. The van der Waals surface area contributed by atoms with E-state index in [-0.39, 0.29) is 10.9 Å². The van der Waals surface area contributed by atoms with Crippen molar-refractivity contribution in [3.05, 3.63) is 40.7 Å². The van der Waals surface area contributed by atoms with Crippen molar-refractivity contribution in [1.82, 2.24) is 4.57 Å². The number of thiophene rings is 1. The molecule has 0 amide bonds. The smallest absolute Gasteiger partial charge is 0.272 e. The third-order valence-corrected chi connectivity index (χ3v) is 5.39. The van der Waals surface area contributed by atoms with Crippen LogP contribution in [-0.4, -0.2) is 19.2 Å². The van der Waals surface area contributed by atoms with Crippen molar-refractivity contribution in [2.24, 2.45) is 0 Å². The summed E-state index contributed by atoms with van der Waals surface area (Å²) in [5, 5.41) is 2.62. The molecule has 3 aromatic rings. The normalized spacial score (nSPS) is 12.4. The van der Waals surface area contributed by atoms with Crippen LogP contribution in [0.25, 0.3) is 22.0 Å². The van der Waals surface area contributed by atoms with Crippen LogP contribution in [0.1, 0.15) is 31.2 Å². The Morgan fingerprint density at radius 2 is 1.92 bits per heavy atom. The van der Waals surface area contributed by atoms with Crippen molar-refractivity contribution < 1.29 is 17.2 Å². The van der Waals surface area contributed by atoms with Gasteiger partial charge < -0.3 is 4.57 Å². The van der Waals surface area contributed by atoms with Crippen molar-refractivity contribution in [2.75, 3.05) is 11.0 Å². The minimum Gasteiger partial charge on any atom is -0.344 e. The summed E-state index contributed by atoms with van der Waals surface area (Å²) in [5.41, 5.74) is 2.93. The zero-order valence-corrected chi connectivity index (χ0v) is 15.6. The first kappa shape index (κ1) is 17.9. The number of hydrogen-bond acceptors (Lipinski definition) is 3. The van der Waals surface area contributed by atoms with Gasteiger partial charge in [-0.3, -0.25) is 4.72 Å². The molecule has 2 heterocycles. The standard InChI is InChI=1S/C17H18F2N2O2S2/c1-10(2)21-8-14(11-6-16(17(18)19)24-9-11)13-5-4-12(7-15(13)21)20-25(3,22)23/h4-10,17,20H,1-3H3. The van der Waals surface area contributed by atoms with Gasteiger partial charge in [-0.15, -0.1) is 11.3 Å². The van der Waals surface area contributed by atoms with Gasteiger partial charge in [0.25, 0.3) is 6.43 Å². The van der Waals surface area contributed by atoms with E-state index in [1.165, 1.54) is 6.07 Å². The molecule has 25 heavy (non-hydrogen) atoms. The fourth-order valence-corrected chi connectivity index (χ4v) is 4.11. The summed E-state index contributed by atoms with van der Waals surface area (Å²) in [7, 11) is -3.37. The minimum atomic E-state index is -3.37. The van der Waals surface area contributed by atoms with Crippen LogP contribution in [0.15, 0.2) is 35.8 Å². The molecular formula is C17H18F2N2O2S2. The molecule has 0 saturated heterocycles. The minimum absolute atomic E-state index is 0.0378. The second-order valence-corrected chi connectivity index (χ2v) is 8.88. The van der Waals surface area contributed by atoms with E-state index >= 15 is 0 Å². The quantitative estimate of drug-likeness (QED) is 0.652. The molecule has 0 fully saturated rings. The SMILES string of the molecule is CC(C)n1cc(-c2csc(C(F)F)c2)c2ccc(NS(C)(=O)=O)cc21. The topological polar surface area (TPSA) is 51.1 Å². The van der Waals surface area contributed by atoms with Crippen LogP contribution in [0.4, 0.5) is 14.5 Å². The number of alkyl halides is 2. The number of benzene rings is 1. The van der Waals surface area contributed by atoms with Gasteiger partial charge in [-0.25, -0.2) is 17.2 Å². The van der Waals surface area contributed by atoms with Crippen molar-refractivity contribution in [3.8, 4) is 11.1 Å². The second kappa shape index (κ2) is 6.42. The molecule has 0 spiro atoms. The third kappa shape index (κ3) is 3.69. The van der Waals surface area contributed by atoms with Gasteiger partial charge in [-0.05, 0) is 43.0 Å². The molecule has 0 aliphatic heterocycles. The van der Waals surface area contributed by atoms with Crippen molar-refractivity contribution in [1.29, 1.82) is 0 Å². The molecule has 2 aromatic heterocycles. The number of aromatic nitrogens is 1. The summed E-state index contributed by atoms with van der Waals surface area (Å²) in [6, 6.07) is 6.91. The predicted molar refractivity (Wildman–Crippen MR) is 99.1 cm³/mol. The van der Waals surface area contributed by atoms with E-state index in [1.54, 1.807) is 17.5 Å². The number of nitrogens with zero attached hydrogens (tertiary/aromatic N) is 1. The fraction of sp³-hybridized carbons (Fsp3) is 0.294. The van der Waals surface area contributed by atoms with Crippen LogP contribution in [0.2, 0.25) is 0 Å². The number of fused-ring (bicyclic) bond motifs is 1. The summed E-state index contributed by atoms with van der Waals surface area (Å²) < 4.78 is 53.2. The van der Waals surface area contributed by atoms with Gasteiger partial charge in [-0.2, -0.15) is 0 Å². The van der Waals surface area contributed by atoms with Crippen LogP contribution < -0.4 is 4.72 Å².